The average molecular weight is 393 g/mol. The van der Waals surface area contributed by atoms with Gasteiger partial charge in [-0.15, -0.1) is 0 Å². The molecule has 1 atom stereocenters. The van der Waals surface area contributed by atoms with Gasteiger partial charge in [0.15, 0.2) is 0 Å². The molecule has 1 heterocycles. The van der Waals surface area contributed by atoms with Crippen molar-refractivity contribution in [2.24, 2.45) is 5.92 Å². The van der Waals surface area contributed by atoms with Crippen molar-refractivity contribution in [3.05, 3.63) is 66.7 Å². The Balaban J connectivity index is 1.66. The van der Waals surface area contributed by atoms with E-state index in [1.54, 1.807) is 54.5 Å². The van der Waals surface area contributed by atoms with E-state index in [-0.39, 0.29) is 17.7 Å². The third-order valence-electron chi connectivity index (χ3n) is 4.41. The van der Waals surface area contributed by atoms with Crippen molar-refractivity contribution in [2.75, 3.05) is 12.4 Å². The van der Waals surface area contributed by atoms with E-state index in [0.29, 0.717) is 17.0 Å². The van der Waals surface area contributed by atoms with E-state index in [1.807, 2.05) is 26.0 Å². The highest BCUT2D eigenvalue weighted by molar-refractivity contribution is 6.01. The van der Waals surface area contributed by atoms with Gasteiger partial charge >= 0.3 is 0 Å². The molecular weight excluding hydrogens is 370 g/mol. The molecule has 29 heavy (non-hydrogen) atoms. The van der Waals surface area contributed by atoms with Crippen molar-refractivity contribution < 1.29 is 14.3 Å². The molecule has 0 saturated carbocycles. The predicted octanol–water partition coefficient (Wildman–Crippen LogP) is 2.67. The minimum absolute atomic E-state index is 0.0911. The summed E-state index contributed by atoms with van der Waals surface area (Å²) in [5, 5.41) is 9.73. The number of nitrogens with one attached hydrogen (secondary N) is 2. The number of amides is 2. The quantitative estimate of drug-likeness (QED) is 0.643. The molecule has 3 rings (SSSR count). The van der Waals surface area contributed by atoms with Gasteiger partial charge < -0.3 is 15.4 Å². The number of aromatic nitrogens is 3. The van der Waals surface area contributed by atoms with E-state index in [1.165, 1.54) is 6.33 Å². The molecule has 2 amide bonds. The molecule has 0 aliphatic rings. The molecule has 0 bridgehead atoms. The second-order valence-corrected chi connectivity index (χ2v) is 6.80. The average Bonchev–Trinajstić information content (AvgIpc) is 3.27. The van der Waals surface area contributed by atoms with Gasteiger partial charge in [0.2, 0.25) is 5.91 Å². The summed E-state index contributed by atoms with van der Waals surface area (Å²) in [5.41, 5.74) is 1.92. The number of ether oxygens (including phenoxy) is 1. The first-order valence-electron chi connectivity index (χ1n) is 9.19. The minimum atomic E-state index is -0.681. The van der Waals surface area contributed by atoms with Crippen LogP contribution in [0.25, 0.3) is 5.69 Å². The van der Waals surface area contributed by atoms with Crippen LogP contribution in [0.15, 0.2) is 61.2 Å². The number of hydrogen-bond donors (Lipinski definition) is 2. The zero-order valence-corrected chi connectivity index (χ0v) is 16.5. The Morgan fingerprint density at radius 2 is 1.72 bits per heavy atom. The fourth-order valence-electron chi connectivity index (χ4n) is 2.76. The Bertz CT molecular complexity index is 951. The number of hydrogen-bond acceptors (Lipinski definition) is 5. The van der Waals surface area contributed by atoms with Gasteiger partial charge in [0.05, 0.1) is 12.8 Å². The molecule has 2 aromatic carbocycles. The highest BCUT2D eigenvalue weighted by Gasteiger charge is 2.24. The van der Waals surface area contributed by atoms with Crippen molar-refractivity contribution in [3.8, 4) is 11.4 Å². The number of carbonyl (C=O) groups is 2. The summed E-state index contributed by atoms with van der Waals surface area (Å²) in [6.45, 7) is 3.76. The number of methoxy groups -OCH3 is 1. The maximum Gasteiger partial charge on any atom is 0.251 e. The van der Waals surface area contributed by atoms with Gasteiger partial charge in [0, 0.05) is 11.3 Å². The van der Waals surface area contributed by atoms with Crippen LogP contribution in [0, 0.1) is 5.92 Å². The van der Waals surface area contributed by atoms with Crippen LogP contribution in [0.3, 0.4) is 0 Å². The van der Waals surface area contributed by atoms with Crippen LogP contribution in [-0.2, 0) is 4.79 Å². The Morgan fingerprint density at radius 3 is 2.28 bits per heavy atom. The highest BCUT2D eigenvalue weighted by atomic mass is 16.5. The number of benzene rings is 2. The summed E-state index contributed by atoms with van der Waals surface area (Å²) >= 11 is 0. The Hall–Kier alpha value is -3.68. The first-order chi connectivity index (χ1) is 14.0. The van der Waals surface area contributed by atoms with Gasteiger partial charge in [0.25, 0.3) is 5.91 Å². The lowest BCUT2D eigenvalue weighted by atomic mass is 10.0. The maximum absolute atomic E-state index is 12.8. The molecule has 0 radical (unpaired) electrons. The van der Waals surface area contributed by atoms with Crippen molar-refractivity contribution in [1.29, 1.82) is 0 Å². The number of anilines is 1. The summed E-state index contributed by atoms with van der Waals surface area (Å²) in [7, 11) is 1.56. The lowest BCUT2D eigenvalue weighted by Gasteiger charge is -2.22. The largest absolute Gasteiger partial charge is 0.497 e. The van der Waals surface area contributed by atoms with Gasteiger partial charge in [-0.25, -0.2) is 9.67 Å². The van der Waals surface area contributed by atoms with Gasteiger partial charge in [-0.2, -0.15) is 5.10 Å². The van der Waals surface area contributed by atoms with Crippen LogP contribution in [-0.4, -0.2) is 39.7 Å². The Kier molecular flexibility index (Phi) is 6.23. The third kappa shape index (κ3) is 4.98. The van der Waals surface area contributed by atoms with E-state index in [2.05, 4.69) is 20.7 Å². The van der Waals surface area contributed by atoms with Crippen molar-refractivity contribution >= 4 is 17.5 Å². The smallest absolute Gasteiger partial charge is 0.251 e. The second kappa shape index (κ2) is 9.01. The van der Waals surface area contributed by atoms with E-state index < -0.39 is 6.04 Å². The summed E-state index contributed by atoms with van der Waals surface area (Å²) in [6.07, 6.45) is 3.05. The van der Waals surface area contributed by atoms with Crippen LogP contribution in [0.4, 0.5) is 5.69 Å². The molecule has 0 aliphatic heterocycles. The van der Waals surface area contributed by atoms with E-state index in [0.717, 1.165) is 5.69 Å². The molecular formula is C21H23N5O3. The fraction of sp³-hybridized carbons (Fsp3) is 0.238. The van der Waals surface area contributed by atoms with Crippen molar-refractivity contribution in [2.45, 2.75) is 19.9 Å². The molecule has 2 N–H and O–H groups in total. The maximum atomic E-state index is 12.8. The second-order valence-electron chi connectivity index (χ2n) is 6.80. The fourth-order valence-corrected chi connectivity index (χ4v) is 2.76. The predicted molar refractivity (Wildman–Crippen MR) is 109 cm³/mol. The normalized spacial score (nSPS) is 11.7. The lowest BCUT2D eigenvalue weighted by molar-refractivity contribution is -0.118. The monoisotopic (exact) mass is 393 g/mol. The zero-order valence-electron chi connectivity index (χ0n) is 16.5. The van der Waals surface area contributed by atoms with Crippen LogP contribution in [0.1, 0.15) is 24.2 Å². The standard InChI is InChI=1S/C21H23N5O3/c1-14(2)19(25-20(27)15-4-10-18(29-3)11-5-15)21(28)24-16-6-8-17(9-7-16)26-13-22-12-23-26/h4-14,19H,1-3H3,(H,24,28)(H,25,27). The van der Waals surface area contributed by atoms with Crippen molar-refractivity contribution in [3.63, 3.8) is 0 Å². The third-order valence-corrected chi connectivity index (χ3v) is 4.41. The molecule has 3 aromatic rings. The molecule has 1 unspecified atom stereocenters. The molecule has 0 fully saturated rings. The zero-order chi connectivity index (χ0) is 20.8. The van der Waals surface area contributed by atoms with Crippen molar-refractivity contribution in [1.82, 2.24) is 20.1 Å². The van der Waals surface area contributed by atoms with Crippen LogP contribution < -0.4 is 15.4 Å². The molecule has 0 saturated heterocycles. The van der Waals surface area contributed by atoms with E-state index >= 15 is 0 Å². The lowest BCUT2D eigenvalue weighted by Crippen LogP contribution is -2.47. The molecule has 8 nitrogen and oxygen atoms in total. The van der Waals surface area contributed by atoms with Crippen LogP contribution in [0.5, 0.6) is 5.75 Å². The highest BCUT2D eigenvalue weighted by Crippen LogP contribution is 2.15. The molecule has 0 spiro atoms. The molecule has 0 aliphatic carbocycles. The van der Waals surface area contributed by atoms with Gasteiger partial charge in [-0.3, -0.25) is 9.59 Å². The summed E-state index contributed by atoms with van der Waals surface area (Å²) in [5.74, 6) is -0.0286. The SMILES string of the molecule is COc1ccc(C(=O)NC(C(=O)Nc2ccc(-n3cncn3)cc2)C(C)C)cc1. The number of rotatable bonds is 7. The minimum Gasteiger partial charge on any atom is -0.497 e. The van der Waals surface area contributed by atoms with E-state index in [4.69, 9.17) is 4.74 Å². The van der Waals surface area contributed by atoms with Gasteiger partial charge in [-0.1, -0.05) is 13.8 Å². The topological polar surface area (TPSA) is 98.1 Å². The Labute approximate surface area is 168 Å². The first kappa shape index (κ1) is 20.1. The van der Waals surface area contributed by atoms with Crippen LogP contribution >= 0.6 is 0 Å². The summed E-state index contributed by atoms with van der Waals surface area (Å²) < 4.78 is 6.72. The van der Waals surface area contributed by atoms with Gasteiger partial charge in [0.1, 0.15) is 24.4 Å². The summed E-state index contributed by atoms with van der Waals surface area (Å²) in [4.78, 5) is 29.2. The molecule has 150 valence electrons. The first-order valence-corrected chi connectivity index (χ1v) is 9.19. The van der Waals surface area contributed by atoms with E-state index in [9.17, 15) is 9.59 Å². The Morgan fingerprint density at radius 1 is 1.03 bits per heavy atom. The molecule has 1 aromatic heterocycles. The molecule has 8 heteroatoms. The van der Waals surface area contributed by atoms with Gasteiger partial charge in [-0.05, 0) is 54.4 Å². The number of nitrogens with zero attached hydrogens (tertiary/aromatic N) is 3. The van der Waals surface area contributed by atoms with Crippen LogP contribution in [0.2, 0.25) is 0 Å². The number of carbonyl (C=O) groups excluding carboxylic acids is 2. The summed E-state index contributed by atoms with van der Waals surface area (Å²) in [6, 6.07) is 13.2.